The van der Waals surface area contributed by atoms with Gasteiger partial charge in [0.05, 0.1) is 12.7 Å². The van der Waals surface area contributed by atoms with Crippen LogP contribution in [0.3, 0.4) is 0 Å². The number of rotatable bonds is 6. The molecule has 0 aliphatic heterocycles. The average molecular weight is 384 g/mol. The molecule has 3 aromatic rings. The van der Waals surface area contributed by atoms with E-state index >= 15 is 0 Å². The summed E-state index contributed by atoms with van der Waals surface area (Å²) in [5.41, 5.74) is 7.31. The molecular formula is C21H21FN2O4. The van der Waals surface area contributed by atoms with Crippen LogP contribution in [0.5, 0.6) is 5.75 Å². The van der Waals surface area contributed by atoms with Gasteiger partial charge in [0.1, 0.15) is 17.1 Å². The Morgan fingerprint density at radius 3 is 2.61 bits per heavy atom. The first-order chi connectivity index (χ1) is 13.5. The van der Waals surface area contributed by atoms with E-state index < -0.39 is 17.8 Å². The van der Waals surface area contributed by atoms with Gasteiger partial charge < -0.3 is 9.15 Å². The summed E-state index contributed by atoms with van der Waals surface area (Å²) in [6.07, 6.45) is 1.64. The molecule has 0 unspecified atom stereocenters. The van der Waals surface area contributed by atoms with Crippen molar-refractivity contribution in [2.75, 3.05) is 0 Å². The van der Waals surface area contributed by atoms with Crippen molar-refractivity contribution >= 4 is 22.8 Å². The molecule has 1 aromatic heterocycles. The van der Waals surface area contributed by atoms with E-state index in [9.17, 15) is 14.0 Å². The smallest absolute Gasteiger partial charge is 0.279 e. The molecule has 0 saturated heterocycles. The van der Waals surface area contributed by atoms with Crippen molar-refractivity contribution in [1.29, 1.82) is 0 Å². The number of carbonyl (C=O) groups is 2. The van der Waals surface area contributed by atoms with Crippen molar-refractivity contribution in [2.24, 2.45) is 0 Å². The molecule has 28 heavy (non-hydrogen) atoms. The first kappa shape index (κ1) is 19.4. The molecule has 1 heterocycles. The molecular weight excluding hydrogens is 363 g/mol. The first-order valence-corrected chi connectivity index (χ1v) is 8.96. The highest BCUT2D eigenvalue weighted by Crippen LogP contribution is 2.23. The van der Waals surface area contributed by atoms with Crippen LogP contribution in [0.25, 0.3) is 11.0 Å². The maximum absolute atomic E-state index is 12.9. The van der Waals surface area contributed by atoms with Gasteiger partial charge in [0.25, 0.3) is 5.91 Å². The molecule has 0 fully saturated rings. The van der Waals surface area contributed by atoms with Gasteiger partial charge in [-0.1, -0.05) is 19.1 Å². The Kier molecular flexibility index (Phi) is 5.93. The monoisotopic (exact) mass is 384 g/mol. The number of hydrazine groups is 1. The van der Waals surface area contributed by atoms with E-state index in [0.29, 0.717) is 5.75 Å². The Balaban J connectivity index is 1.52. The van der Waals surface area contributed by atoms with Gasteiger partial charge in [0.2, 0.25) is 5.91 Å². The number of carbonyl (C=O) groups excluding carboxylic acids is 2. The van der Waals surface area contributed by atoms with Crippen LogP contribution in [0.2, 0.25) is 0 Å². The standard InChI is InChI=1S/C21H21FN2O4/c1-3-14-4-9-18-15(12-27-19(18)10-14)11-20(25)23-24-21(26)13(2)28-17-7-5-16(22)6-8-17/h4-10,12-13H,3,11H2,1-2H3,(H,23,25)(H,24,26)/t13-/m0/s1. The third-order valence-electron chi connectivity index (χ3n) is 4.30. The van der Waals surface area contributed by atoms with Crippen molar-refractivity contribution < 1.29 is 23.1 Å². The van der Waals surface area contributed by atoms with Crippen molar-refractivity contribution in [3.8, 4) is 5.75 Å². The molecule has 0 spiro atoms. The minimum absolute atomic E-state index is 0.0615. The maximum Gasteiger partial charge on any atom is 0.279 e. The second-order valence-corrected chi connectivity index (χ2v) is 6.37. The van der Waals surface area contributed by atoms with Crippen LogP contribution in [-0.4, -0.2) is 17.9 Å². The fraction of sp³-hybridized carbons (Fsp3) is 0.238. The maximum atomic E-state index is 12.9. The van der Waals surface area contributed by atoms with E-state index in [1.54, 1.807) is 6.26 Å². The molecule has 3 rings (SSSR count). The predicted molar refractivity (Wildman–Crippen MR) is 102 cm³/mol. The summed E-state index contributed by atoms with van der Waals surface area (Å²) in [7, 11) is 0. The minimum Gasteiger partial charge on any atom is -0.481 e. The van der Waals surface area contributed by atoms with Crippen LogP contribution in [0.1, 0.15) is 25.0 Å². The minimum atomic E-state index is -0.868. The van der Waals surface area contributed by atoms with Crippen LogP contribution in [0, 0.1) is 5.82 Å². The molecule has 6 nitrogen and oxygen atoms in total. The lowest BCUT2D eigenvalue weighted by atomic mass is 10.1. The number of amides is 2. The van der Waals surface area contributed by atoms with Crippen LogP contribution in [0.4, 0.5) is 4.39 Å². The number of nitrogens with one attached hydrogen (secondary N) is 2. The number of furan rings is 1. The second kappa shape index (κ2) is 8.56. The van der Waals surface area contributed by atoms with Gasteiger partial charge >= 0.3 is 0 Å². The quantitative estimate of drug-likeness (QED) is 0.639. The van der Waals surface area contributed by atoms with Gasteiger partial charge in [0, 0.05) is 10.9 Å². The van der Waals surface area contributed by atoms with Gasteiger partial charge in [-0.2, -0.15) is 0 Å². The van der Waals surface area contributed by atoms with Crippen molar-refractivity contribution in [3.05, 3.63) is 65.7 Å². The van der Waals surface area contributed by atoms with Crippen molar-refractivity contribution in [1.82, 2.24) is 10.9 Å². The normalized spacial score (nSPS) is 11.8. The van der Waals surface area contributed by atoms with E-state index in [1.807, 2.05) is 18.2 Å². The largest absolute Gasteiger partial charge is 0.481 e. The predicted octanol–water partition coefficient (Wildman–Crippen LogP) is 3.29. The highest BCUT2D eigenvalue weighted by Gasteiger charge is 2.16. The number of hydrogen-bond acceptors (Lipinski definition) is 4. The zero-order valence-corrected chi connectivity index (χ0v) is 15.6. The van der Waals surface area contributed by atoms with E-state index in [1.165, 1.54) is 31.2 Å². The molecule has 7 heteroatoms. The van der Waals surface area contributed by atoms with E-state index in [-0.39, 0.29) is 12.3 Å². The number of halogens is 1. The summed E-state index contributed by atoms with van der Waals surface area (Å²) >= 11 is 0. The Bertz CT molecular complexity index is 982. The van der Waals surface area contributed by atoms with Crippen LogP contribution >= 0.6 is 0 Å². The molecule has 146 valence electrons. The zero-order chi connectivity index (χ0) is 20.1. The van der Waals surface area contributed by atoms with Crippen molar-refractivity contribution in [3.63, 3.8) is 0 Å². The van der Waals surface area contributed by atoms with Gasteiger partial charge in [-0.25, -0.2) is 4.39 Å². The van der Waals surface area contributed by atoms with E-state index in [4.69, 9.17) is 9.15 Å². The highest BCUT2D eigenvalue weighted by atomic mass is 19.1. The van der Waals surface area contributed by atoms with E-state index in [2.05, 4.69) is 17.8 Å². The fourth-order valence-corrected chi connectivity index (χ4v) is 2.71. The number of hydrogen-bond donors (Lipinski definition) is 2. The molecule has 0 aliphatic carbocycles. The molecule has 2 amide bonds. The molecule has 0 radical (unpaired) electrons. The summed E-state index contributed by atoms with van der Waals surface area (Å²) in [5.74, 6) is -0.951. The summed E-state index contributed by atoms with van der Waals surface area (Å²) in [4.78, 5) is 24.2. The number of ether oxygens (including phenoxy) is 1. The Morgan fingerprint density at radius 1 is 1.14 bits per heavy atom. The molecule has 0 bridgehead atoms. The molecule has 2 N–H and O–H groups in total. The lowest BCUT2D eigenvalue weighted by Crippen LogP contribution is -2.47. The zero-order valence-electron chi connectivity index (χ0n) is 15.6. The first-order valence-electron chi connectivity index (χ1n) is 8.96. The highest BCUT2D eigenvalue weighted by molar-refractivity contribution is 5.89. The Hall–Kier alpha value is -3.35. The van der Waals surface area contributed by atoms with Crippen LogP contribution in [0.15, 0.2) is 53.1 Å². The fourth-order valence-electron chi connectivity index (χ4n) is 2.71. The third kappa shape index (κ3) is 4.68. The molecule has 2 aromatic carbocycles. The Labute approximate surface area is 161 Å². The second-order valence-electron chi connectivity index (χ2n) is 6.37. The van der Waals surface area contributed by atoms with Gasteiger partial charge in [-0.3, -0.25) is 20.4 Å². The van der Waals surface area contributed by atoms with Gasteiger partial charge in [0.15, 0.2) is 6.10 Å². The van der Waals surface area contributed by atoms with E-state index in [0.717, 1.165) is 28.5 Å². The van der Waals surface area contributed by atoms with Gasteiger partial charge in [-0.05, 0) is 49.2 Å². The molecule has 0 aliphatic rings. The molecule has 0 saturated carbocycles. The summed E-state index contributed by atoms with van der Waals surface area (Å²) in [6.45, 7) is 3.58. The summed E-state index contributed by atoms with van der Waals surface area (Å²) < 4.78 is 23.8. The number of benzene rings is 2. The molecule has 1 atom stereocenters. The number of fused-ring (bicyclic) bond motifs is 1. The van der Waals surface area contributed by atoms with Crippen LogP contribution < -0.4 is 15.6 Å². The van der Waals surface area contributed by atoms with Crippen molar-refractivity contribution in [2.45, 2.75) is 32.8 Å². The third-order valence-corrected chi connectivity index (χ3v) is 4.30. The SMILES string of the molecule is CCc1ccc2c(CC(=O)NNC(=O)[C@H](C)Oc3ccc(F)cc3)coc2c1. The van der Waals surface area contributed by atoms with Crippen LogP contribution in [-0.2, 0) is 22.4 Å². The lowest BCUT2D eigenvalue weighted by molar-refractivity contribution is -0.132. The topological polar surface area (TPSA) is 80.6 Å². The summed E-state index contributed by atoms with van der Waals surface area (Å²) in [6, 6.07) is 11.2. The summed E-state index contributed by atoms with van der Waals surface area (Å²) in [5, 5.41) is 0.867. The Morgan fingerprint density at radius 2 is 1.89 bits per heavy atom. The van der Waals surface area contributed by atoms with Gasteiger partial charge in [-0.15, -0.1) is 0 Å². The average Bonchev–Trinajstić information content (AvgIpc) is 3.09. The number of aryl methyl sites for hydroxylation is 1. The lowest BCUT2D eigenvalue weighted by Gasteiger charge is -2.15.